The zero-order valence-electron chi connectivity index (χ0n) is 27.4. The Morgan fingerprint density at radius 3 is 2.22 bits per heavy atom. The first kappa shape index (κ1) is 35.9. The number of sulfonamides is 1. The topological polar surface area (TPSA) is 96.0 Å². The van der Waals surface area contributed by atoms with Gasteiger partial charge in [0, 0.05) is 24.0 Å². The van der Waals surface area contributed by atoms with Gasteiger partial charge in [-0.25, -0.2) is 12.8 Å². The molecule has 0 aromatic heterocycles. The van der Waals surface area contributed by atoms with Crippen LogP contribution in [0.3, 0.4) is 0 Å². The molecule has 1 fully saturated rings. The standard InChI is InChI=1S/C38H41ClFN3O5S/c1-2-48-34-20-18-33(19-21-34)43(49(46,47)35-22-16-31(40)17-23-35)27-37(44)42(26-29-12-9-13-30(39)24-29)36(25-28-10-5-3-6-11-28)38(45)41-32-14-7-4-8-15-32/h3,5-6,9-13,16-24,32,36H,2,4,7-8,14-15,25-27H2,1H3,(H,41,45)/t36-/m0/s1. The monoisotopic (exact) mass is 705 g/mol. The third-order valence-electron chi connectivity index (χ3n) is 8.58. The third kappa shape index (κ3) is 9.61. The van der Waals surface area contributed by atoms with E-state index >= 15 is 0 Å². The molecule has 0 aliphatic heterocycles. The maximum absolute atomic E-state index is 14.7. The molecule has 0 heterocycles. The van der Waals surface area contributed by atoms with Crippen molar-refractivity contribution in [1.29, 1.82) is 0 Å². The van der Waals surface area contributed by atoms with Crippen LogP contribution in [0.25, 0.3) is 0 Å². The van der Waals surface area contributed by atoms with Gasteiger partial charge in [-0.15, -0.1) is 0 Å². The molecule has 0 radical (unpaired) electrons. The molecule has 1 aliphatic carbocycles. The molecule has 8 nitrogen and oxygen atoms in total. The molecule has 1 atom stereocenters. The summed E-state index contributed by atoms with van der Waals surface area (Å²) in [6, 6.07) is 26.2. The average molecular weight is 706 g/mol. The van der Waals surface area contributed by atoms with Gasteiger partial charge in [0.25, 0.3) is 10.0 Å². The summed E-state index contributed by atoms with van der Waals surface area (Å²) in [4.78, 5) is 30.1. The largest absolute Gasteiger partial charge is 0.494 e. The van der Waals surface area contributed by atoms with Crippen molar-refractivity contribution in [1.82, 2.24) is 10.2 Å². The number of nitrogens with one attached hydrogen (secondary N) is 1. The van der Waals surface area contributed by atoms with Gasteiger partial charge in [0.1, 0.15) is 24.2 Å². The van der Waals surface area contributed by atoms with Gasteiger partial charge >= 0.3 is 0 Å². The summed E-state index contributed by atoms with van der Waals surface area (Å²) >= 11 is 6.34. The zero-order valence-corrected chi connectivity index (χ0v) is 29.0. The second kappa shape index (κ2) is 16.8. The van der Waals surface area contributed by atoms with Crippen LogP contribution in [0.15, 0.2) is 108 Å². The number of carbonyl (C=O) groups is 2. The van der Waals surface area contributed by atoms with Crippen LogP contribution >= 0.6 is 11.6 Å². The SMILES string of the molecule is CCOc1ccc(N(CC(=O)N(Cc2cccc(Cl)c2)[C@@H](Cc2ccccc2)C(=O)NC2CCCCC2)S(=O)(=O)c2ccc(F)cc2)cc1. The molecule has 4 aromatic carbocycles. The van der Waals surface area contributed by atoms with Crippen LogP contribution in [0.5, 0.6) is 5.75 Å². The average Bonchev–Trinajstić information content (AvgIpc) is 3.10. The number of anilines is 1. The molecule has 258 valence electrons. The molecule has 4 aromatic rings. The van der Waals surface area contributed by atoms with Gasteiger partial charge in [0.2, 0.25) is 11.8 Å². The fraction of sp³-hybridized carbons (Fsp3) is 0.316. The summed E-state index contributed by atoms with van der Waals surface area (Å²) in [6.45, 7) is 1.63. The quantitative estimate of drug-likeness (QED) is 0.150. The summed E-state index contributed by atoms with van der Waals surface area (Å²) in [6.07, 6.45) is 5.05. The molecule has 11 heteroatoms. The predicted octanol–water partition coefficient (Wildman–Crippen LogP) is 7.16. The highest BCUT2D eigenvalue weighted by Gasteiger charge is 2.35. The maximum atomic E-state index is 14.7. The molecular formula is C38H41ClFN3O5S. The highest BCUT2D eigenvalue weighted by molar-refractivity contribution is 7.92. The summed E-state index contributed by atoms with van der Waals surface area (Å²) < 4.78 is 48.7. The number of carbonyl (C=O) groups excluding carboxylic acids is 2. The van der Waals surface area contributed by atoms with Crippen LogP contribution in [0.2, 0.25) is 5.02 Å². The van der Waals surface area contributed by atoms with E-state index in [1.807, 2.05) is 43.3 Å². The van der Waals surface area contributed by atoms with Gasteiger partial charge < -0.3 is 15.0 Å². The molecule has 0 bridgehead atoms. The lowest BCUT2D eigenvalue weighted by Gasteiger charge is -2.35. The van der Waals surface area contributed by atoms with Crippen LogP contribution in [0.1, 0.15) is 50.2 Å². The molecule has 49 heavy (non-hydrogen) atoms. The number of hydrogen-bond donors (Lipinski definition) is 1. The number of benzene rings is 4. The van der Waals surface area contributed by atoms with Crippen LogP contribution < -0.4 is 14.4 Å². The van der Waals surface area contributed by atoms with Crippen LogP contribution in [0, 0.1) is 5.82 Å². The van der Waals surface area contributed by atoms with Crippen molar-refractivity contribution >= 4 is 39.1 Å². The van der Waals surface area contributed by atoms with Crippen molar-refractivity contribution in [2.75, 3.05) is 17.5 Å². The summed E-state index contributed by atoms with van der Waals surface area (Å²) in [5.41, 5.74) is 1.73. The van der Waals surface area contributed by atoms with Crippen LogP contribution in [0.4, 0.5) is 10.1 Å². The Hall–Kier alpha value is -4.41. The maximum Gasteiger partial charge on any atom is 0.264 e. The van der Waals surface area contributed by atoms with E-state index in [9.17, 15) is 22.4 Å². The molecule has 1 saturated carbocycles. The number of hydrogen-bond acceptors (Lipinski definition) is 5. The van der Waals surface area contributed by atoms with Gasteiger partial charge in [0.15, 0.2) is 0 Å². The van der Waals surface area contributed by atoms with E-state index in [1.54, 1.807) is 42.5 Å². The van der Waals surface area contributed by atoms with Gasteiger partial charge in [-0.1, -0.05) is 73.3 Å². The minimum atomic E-state index is -4.38. The van der Waals surface area contributed by atoms with Crippen molar-refractivity contribution in [2.45, 2.75) is 69.0 Å². The van der Waals surface area contributed by atoms with Gasteiger partial charge in [-0.2, -0.15) is 0 Å². The van der Waals surface area contributed by atoms with E-state index in [1.165, 1.54) is 4.90 Å². The van der Waals surface area contributed by atoms with Crippen molar-refractivity contribution in [2.24, 2.45) is 0 Å². The lowest BCUT2D eigenvalue weighted by molar-refractivity contribution is -0.140. The molecule has 5 rings (SSSR count). The normalized spacial score (nSPS) is 14.1. The van der Waals surface area contributed by atoms with Crippen molar-refractivity contribution in [3.05, 3.63) is 125 Å². The number of amides is 2. The smallest absolute Gasteiger partial charge is 0.264 e. The second-order valence-electron chi connectivity index (χ2n) is 12.1. The number of rotatable bonds is 14. The third-order valence-corrected chi connectivity index (χ3v) is 10.6. The van der Waals surface area contributed by atoms with E-state index in [-0.39, 0.29) is 35.5 Å². The van der Waals surface area contributed by atoms with Gasteiger partial charge in [-0.05, 0) is 91.6 Å². The lowest BCUT2D eigenvalue weighted by Crippen LogP contribution is -2.55. The Morgan fingerprint density at radius 1 is 0.898 bits per heavy atom. The summed E-state index contributed by atoms with van der Waals surface area (Å²) in [5, 5.41) is 3.66. The number of nitrogens with zero attached hydrogens (tertiary/aromatic N) is 2. The fourth-order valence-corrected chi connectivity index (χ4v) is 7.70. The highest BCUT2D eigenvalue weighted by Crippen LogP contribution is 2.28. The van der Waals surface area contributed by atoms with Crippen molar-refractivity contribution < 1.29 is 27.1 Å². The molecule has 1 aliphatic rings. The first-order valence-corrected chi connectivity index (χ1v) is 18.3. The number of ether oxygens (including phenoxy) is 1. The predicted molar refractivity (Wildman–Crippen MR) is 189 cm³/mol. The second-order valence-corrected chi connectivity index (χ2v) is 14.4. The van der Waals surface area contributed by atoms with E-state index in [2.05, 4.69) is 5.32 Å². The molecule has 1 N–H and O–H groups in total. The van der Waals surface area contributed by atoms with Crippen molar-refractivity contribution in [3.63, 3.8) is 0 Å². The Labute approximate surface area is 292 Å². The molecule has 0 saturated heterocycles. The van der Waals surface area contributed by atoms with E-state index in [4.69, 9.17) is 16.3 Å². The van der Waals surface area contributed by atoms with E-state index in [0.29, 0.717) is 22.9 Å². The van der Waals surface area contributed by atoms with Crippen LogP contribution in [-0.4, -0.2) is 50.4 Å². The molecule has 2 amide bonds. The summed E-state index contributed by atoms with van der Waals surface area (Å²) in [7, 11) is -4.38. The Bertz CT molecular complexity index is 1800. The minimum Gasteiger partial charge on any atom is -0.494 e. The zero-order chi connectivity index (χ0) is 34.8. The van der Waals surface area contributed by atoms with Gasteiger partial charge in [0.05, 0.1) is 17.2 Å². The summed E-state index contributed by atoms with van der Waals surface area (Å²) in [5.74, 6) is -0.968. The molecular weight excluding hydrogens is 665 g/mol. The first-order chi connectivity index (χ1) is 23.6. The van der Waals surface area contributed by atoms with E-state index in [0.717, 1.165) is 66.2 Å². The number of halogens is 2. The van der Waals surface area contributed by atoms with Crippen molar-refractivity contribution in [3.8, 4) is 5.75 Å². The lowest BCUT2D eigenvalue weighted by atomic mass is 9.94. The Kier molecular flexibility index (Phi) is 12.3. The fourth-order valence-electron chi connectivity index (χ4n) is 6.07. The Balaban J connectivity index is 1.56. The molecule has 0 spiro atoms. The van der Waals surface area contributed by atoms with E-state index < -0.39 is 34.3 Å². The van der Waals surface area contributed by atoms with Gasteiger partial charge in [-0.3, -0.25) is 13.9 Å². The highest BCUT2D eigenvalue weighted by atomic mass is 35.5. The minimum absolute atomic E-state index is 0.00267. The van der Waals surface area contributed by atoms with Crippen LogP contribution in [-0.2, 0) is 32.6 Å². The Morgan fingerprint density at radius 2 is 1.57 bits per heavy atom. The molecule has 0 unspecified atom stereocenters. The first-order valence-electron chi connectivity index (χ1n) is 16.5.